The van der Waals surface area contributed by atoms with Crippen molar-refractivity contribution >= 4 is 49.4 Å². The van der Waals surface area contributed by atoms with Gasteiger partial charge >= 0.3 is 0 Å². The van der Waals surface area contributed by atoms with E-state index in [0.717, 1.165) is 17.7 Å². The smallest absolute Gasteiger partial charge is 0.232 e. The highest BCUT2D eigenvalue weighted by molar-refractivity contribution is 7.92. The molecule has 3 heterocycles. The summed E-state index contributed by atoms with van der Waals surface area (Å²) in [7, 11) is -3.87. The SMILES string of the molecule is CCCS(=O)(=O)Nc1ccc(F)c(C(=O)c2c[nH]c3nc[nH+]c(NCc4ccc5nonc5c4)c23)c1F. The van der Waals surface area contributed by atoms with Gasteiger partial charge < -0.3 is 10.3 Å². The van der Waals surface area contributed by atoms with Gasteiger partial charge in [0.2, 0.25) is 33.6 Å². The molecule has 0 saturated carbocycles. The second kappa shape index (κ2) is 9.54. The molecule has 190 valence electrons. The lowest BCUT2D eigenvalue weighted by Crippen LogP contribution is -2.19. The Morgan fingerprint density at radius 1 is 1.16 bits per heavy atom. The van der Waals surface area contributed by atoms with E-state index in [0.29, 0.717) is 35.5 Å². The fraction of sp³-hybridized carbons (Fsp3) is 0.174. The number of nitrogens with zero attached hydrogens (tertiary/aromatic N) is 3. The van der Waals surface area contributed by atoms with E-state index >= 15 is 4.39 Å². The zero-order valence-corrected chi connectivity index (χ0v) is 20.1. The predicted molar refractivity (Wildman–Crippen MR) is 129 cm³/mol. The van der Waals surface area contributed by atoms with Crippen LogP contribution >= 0.6 is 0 Å². The minimum atomic E-state index is -3.87. The van der Waals surface area contributed by atoms with Crippen molar-refractivity contribution in [2.75, 3.05) is 15.8 Å². The van der Waals surface area contributed by atoms with Gasteiger partial charge in [-0.1, -0.05) is 18.0 Å². The lowest BCUT2D eigenvalue weighted by molar-refractivity contribution is -0.364. The van der Waals surface area contributed by atoms with E-state index in [2.05, 4.69) is 35.3 Å². The second-order valence-electron chi connectivity index (χ2n) is 8.18. The number of carbonyl (C=O) groups is 1. The van der Waals surface area contributed by atoms with Gasteiger partial charge in [0, 0.05) is 6.20 Å². The van der Waals surface area contributed by atoms with Gasteiger partial charge in [-0.15, -0.1) is 0 Å². The maximum atomic E-state index is 15.3. The van der Waals surface area contributed by atoms with Crippen molar-refractivity contribution in [1.29, 1.82) is 0 Å². The van der Waals surface area contributed by atoms with E-state index in [1.54, 1.807) is 19.1 Å². The summed E-state index contributed by atoms with van der Waals surface area (Å²) in [5.74, 6) is -3.32. The fourth-order valence-corrected chi connectivity index (χ4v) is 5.04. The largest absolute Gasteiger partial charge is 0.332 e. The van der Waals surface area contributed by atoms with Gasteiger partial charge in [-0.2, -0.15) is 0 Å². The van der Waals surface area contributed by atoms with Gasteiger partial charge in [0.1, 0.15) is 22.2 Å². The molecule has 5 aromatic rings. The molecule has 0 amide bonds. The van der Waals surface area contributed by atoms with E-state index in [4.69, 9.17) is 4.63 Å². The van der Waals surface area contributed by atoms with Crippen LogP contribution in [0.15, 0.2) is 47.5 Å². The Balaban J connectivity index is 1.49. The van der Waals surface area contributed by atoms with Crippen LogP contribution < -0.4 is 15.0 Å². The van der Waals surface area contributed by atoms with Crippen LogP contribution in [-0.4, -0.2) is 40.2 Å². The van der Waals surface area contributed by atoms with Crippen LogP contribution in [0.25, 0.3) is 22.1 Å². The summed E-state index contributed by atoms with van der Waals surface area (Å²) in [6.45, 7) is 1.95. The molecule has 14 heteroatoms. The number of hydrogen-bond acceptors (Lipinski definition) is 8. The summed E-state index contributed by atoms with van der Waals surface area (Å²) in [6.07, 6.45) is 2.98. The molecule has 2 aromatic carbocycles. The standard InChI is InChI=1S/C23H19F2N7O4S/c1-2-7-37(34,35)32-16-6-4-14(24)19(20(16)25)21(33)13-10-27-23-18(13)22(28-11-29-23)26-9-12-3-5-15-17(8-12)31-36-30-15/h3-6,8,10-11,32H,2,7,9H2,1H3,(H2,26,27,28,29)/p+1. The van der Waals surface area contributed by atoms with Gasteiger partial charge in [-0.3, -0.25) is 9.52 Å². The number of halogens is 2. The molecule has 0 aliphatic heterocycles. The number of carbonyl (C=O) groups excluding carboxylic acids is 1. The van der Waals surface area contributed by atoms with E-state index in [1.165, 1.54) is 12.5 Å². The monoisotopic (exact) mass is 528 g/mol. The molecule has 0 bridgehead atoms. The molecule has 0 radical (unpaired) electrons. The maximum absolute atomic E-state index is 15.3. The Kier molecular flexibility index (Phi) is 6.25. The summed E-state index contributed by atoms with van der Waals surface area (Å²) in [4.78, 5) is 23.3. The van der Waals surface area contributed by atoms with Crippen molar-refractivity contribution in [2.45, 2.75) is 19.9 Å². The summed E-state index contributed by atoms with van der Waals surface area (Å²) in [5, 5.41) is 11.0. The van der Waals surface area contributed by atoms with Gasteiger partial charge in [-0.25, -0.2) is 26.8 Å². The first-order valence-corrected chi connectivity index (χ1v) is 12.8. The molecule has 0 saturated heterocycles. The van der Waals surface area contributed by atoms with Crippen LogP contribution in [0.2, 0.25) is 0 Å². The third-order valence-corrected chi connectivity index (χ3v) is 7.08. The summed E-state index contributed by atoms with van der Waals surface area (Å²) in [6, 6.07) is 7.11. The zero-order valence-electron chi connectivity index (χ0n) is 19.3. The van der Waals surface area contributed by atoms with Gasteiger partial charge in [0.15, 0.2) is 5.82 Å². The highest BCUT2D eigenvalue weighted by Crippen LogP contribution is 2.29. The van der Waals surface area contributed by atoms with Crippen LogP contribution in [-0.2, 0) is 16.6 Å². The zero-order chi connectivity index (χ0) is 26.2. The van der Waals surface area contributed by atoms with Gasteiger partial charge in [-0.05, 0) is 46.6 Å². The lowest BCUT2D eigenvalue weighted by atomic mass is 10.0. The van der Waals surface area contributed by atoms with Crippen molar-refractivity contribution in [2.24, 2.45) is 0 Å². The summed E-state index contributed by atoms with van der Waals surface area (Å²) >= 11 is 0. The molecule has 0 aliphatic rings. The summed E-state index contributed by atoms with van der Waals surface area (Å²) < 4.78 is 61.0. The number of H-pyrrole nitrogens is 2. The molecule has 0 unspecified atom stereocenters. The van der Waals surface area contributed by atoms with Crippen molar-refractivity contribution in [3.63, 3.8) is 0 Å². The van der Waals surface area contributed by atoms with Crippen LogP contribution in [0.5, 0.6) is 0 Å². The minimum Gasteiger partial charge on any atom is -0.332 e. The average Bonchev–Trinajstić information content (AvgIpc) is 3.51. The van der Waals surface area contributed by atoms with Crippen molar-refractivity contribution < 1.29 is 31.6 Å². The number of aromatic nitrogens is 5. The number of benzene rings is 2. The second-order valence-corrected chi connectivity index (χ2v) is 10.0. The maximum Gasteiger partial charge on any atom is 0.232 e. The highest BCUT2D eigenvalue weighted by atomic mass is 32.2. The molecule has 0 aliphatic carbocycles. The number of fused-ring (bicyclic) bond motifs is 2. The Morgan fingerprint density at radius 2 is 1.97 bits per heavy atom. The number of sulfonamides is 1. The Hall–Kier alpha value is -4.46. The number of hydrogen-bond donors (Lipinski definition) is 3. The normalized spacial score (nSPS) is 11.8. The average molecular weight is 529 g/mol. The lowest BCUT2D eigenvalue weighted by Gasteiger charge is -2.11. The molecule has 5 rings (SSSR count). The topological polar surface area (TPSA) is 157 Å². The van der Waals surface area contributed by atoms with Crippen molar-refractivity contribution in [3.05, 3.63) is 71.2 Å². The molecule has 37 heavy (non-hydrogen) atoms. The van der Waals surface area contributed by atoms with E-state index in [1.807, 2.05) is 6.07 Å². The molecule has 0 atom stereocenters. The van der Waals surface area contributed by atoms with E-state index < -0.39 is 38.7 Å². The van der Waals surface area contributed by atoms with Gasteiger partial charge in [0.25, 0.3) is 0 Å². The number of nitrogens with one attached hydrogen (secondary N) is 4. The molecule has 0 fully saturated rings. The third kappa shape index (κ3) is 4.70. The Morgan fingerprint density at radius 3 is 2.78 bits per heavy atom. The third-order valence-electron chi connectivity index (χ3n) is 5.60. The number of rotatable bonds is 9. The van der Waals surface area contributed by atoms with E-state index in [-0.39, 0.29) is 16.7 Å². The van der Waals surface area contributed by atoms with E-state index in [9.17, 15) is 17.6 Å². The minimum absolute atomic E-state index is 0.0654. The summed E-state index contributed by atoms with van der Waals surface area (Å²) in [5.41, 5.74) is 0.819. The van der Waals surface area contributed by atoms with Crippen LogP contribution in [0.3, 0.4) is 0 Å². The Bertz CT molecular complexity index is 1750. The first-order valence-electron chi connectivity index (χ1n) is 11.1. The van der Waals surface area contributed by atoms with Crippen LogP contribution in [0, 0.1) is 11.6 Å². The molecule has 3 aromatic heterocycles. The first-order chi connectivity index (χ1) is 17.8. The highest BCUT2D eigenvalue weighted by Gasteiger charge is 2.28. The van der Waals surface area contributed by atoms with Crippen LogP contribution in [0.4, 0.5) is 20.3 Å². The molecule has 11 nitrogen and oxygen atoms in total. The molecular weight excluding hydrogens is 508 g/mol. The molecule has 4 N–H and O–H groups in total. The number of ketones is 1. The number of anilines is 2. The predicted octanol–water partition coefficient (Wildman–Crippen LogP) is 3.19. The van der Waals surface area contributed by atoms with Crippen molar-refractivity contribution in [3.8, 4) is 0 Å². The molecule has 0 spiro atoms. The molecular formula is C23H20F2N7O4S+. The fourth-order valence-electron chi connectivity index (χ4n) is 3.91. The number of aromatic amines is 2. The van der Waals surface area contributed by atoms with Crippen molar-refractivity contribution in [1.82, 2.24) is 20.3 Å². The van der Waals surface area contributed by atoms with Crippen LogP contribution in [0.1, 0.15) is 34.8 Å². The quantitative estimate of drug-likeness (QED) is 0.246. The Labute approximate surface area is 208 Å². The first kappa shape index (κ1) is 24.2. The van der Waals surface area contributed by atoms with Gasteiger partial charge in [0.05, 0.1) is 29.1 Å².